The molecule has 1 aliphatic heterocycles. The molecule has 4 nitrogen and oxygen atoms in total. The largest absolute Gasteiger partial charge is 0.444 e. The first-order valence-electron chi connectivity index (χ1n) is 7.58. The summed E-state index contributed by atoms with van der Waals surface area (Å²) in [5, 5.41) is 0. The highest BCUT2D eigenvalue weighted by molar-refractivity contribution is 5.68. The Hall–Kier alpha value is -0.770. The number of nitrogens with zero attached hydrogens (tertiary/aromatic N) is 1. The van der Waals surface area contributed by atoms with Crippen LogP contribution >= 0.6 is 0 Å². The Bertz CT molecular complexity index is 286. The van der Waals surface area contributed by atoms with Crippen molar-refractivity contribution in [2.75, 3.05) is 13.1 Å². The van der Waals surface area contributed by atoms with Crippen LogP contribution in [-0.2, 0) is 4.74 Å². The number of likely N-dealkylation sites (tertiary alicyclic amines) is 1. The number of amides is 1. The van der Waals surface area contributed by atoms with Crippen molar-refractivity contribution >= 4 is 6.09 Å². The van der Waals surface area contributed by atoms with Crippen LogP contribution in [0.15, 0.2) is 0 Å². The van der Waals surface area contributed by atoms with Crippen LogP contribution in [0.4, 0.5) is 4.79 Å². The minimum atomic E-state index is -0.422. The molecule has 2 N–H and O–H groups in total. The fraction of sp³-hybridized carbons (Fsp3) is 0.933. The van der Waals surface area contributed by atoms with Crippen LogP contribution in [0.1, 0.15) is 59.8 Å². The summed E-state index contributed by atoms with van der Waals surface area (Å²) in [5.74, 6) is 0.498. The first-order chi connectivity index (χ1) is 8.89. The quantitative estimate of drug-likeness (QED) is 0.853. The molecule has 1 aliphatic rings. The van der Waals surface area contributed by atoms with E-state index in [1.165, 1.54) is 6.42 Å². The average Bonchev–Trinajstić information content (AvgIpc) is 2.34. The second kappa shape index (κ2) is 7.13. The zero-order chi connectivity index (χ0) is 14.5. The molecule has 0 bridgehead atoms. The highest BCUT2D eigenvalue weighted by Crippen LogP contribution is 2.28. The van der Waals surface area contributed by atoms with Crippen LogP contribution in [0.5, 0.6) is 0 Å². The van der Waals surface area contributed by atoms with Gasteiger partial charge in [-0.2, -0.15) is 0 Å². The number of ether oxygens (including phenoxy) is 1. The fourth-order valence-electron chi connectivity index (χ4n) is 2.88. The second-order valence-corrected chi connectivity index (χ2v) is 6.48. The number of piperidine rings is 1. The van der Waals surface area contributed by atoms with E-state index in [9.17, 15) is 4.79 Å². The maximum absolute atomic E-state index is 12.3. The normalized spacial score (nSPS) is 22.2. The molecular weight excluding hydrogens is 240 g/mol. The molecule has 1 fully saturated rings. The van der Waals surface area contributed by atoms with Crippen molar-refractivity contribution in [1.82, 2.24) is 4.90 Å². The third-order valence-corrected chi connectivity index (χ3v) is 3.78. The molecule has 1 heterocycles. The van der Waals surface area contributed by atoms with Gasteiger partial charge in [0.25, 0.3) is 0 Å². The standard InChI is InChI=1S/C15H30N2O2/c1-5-12(9-10-16)13-8-6-7-11-17(13)14(18)19-15(2,3)4/h12-13H,5-11,16H2,1-4H3. The molecular formula is C15H30N2O2. The van der Waals surface area contributed by atoms with Crippen molar-refractivity contribution < 1.29 is 9.53 Å². The summed E-state index contributed by atoms with van der Waals surface area (Å²) >= 11 is 0. The van der Waals surface area contributed by atoms with Crippen molar-refractivity contribution in [3.05, 3.63) is 0 Å². The Kier molecular flexibility index (Phi) is 6.11. The van der Waals surface area contributed by atoms with E-state index >= 15 is 0 Å². The van der Waals surface area contributed by atoms with Gasteiger partial charge in [0, 0.05) is 12.6 Å². The van der Waals surface area contributed by atoms with E-state index in [0.29, 0.717) is 18.5 Å². The summed E-state index contributed by atoms with van der Waals surface area (Å²) in [4.78, 5) is 14.3. The Morgan fingerprint density at radius 1 is 1.42 bits per heavy atom. The van der Waals surface area contributed by atoms with Gasteiger partial charge >= 0.3 is 6.09 Å². The van der Waals surface area contributed by atoms with E-state index in [0.717, 1.165) is 32.2 Å². The SMILES string of the molecule is CCC(CCN)C1CCCCN1C(=O)OC(C)(C)C. The van der Waals surface area contributed by atoms with Gasteiger partial charge in [0.15, 0.2) is 0 Å². The molecule has 1 rings (SSSR count). The summed E-state index contributed by atoms with van der Waals surface area (Å²) in [5.41, 5.74) is 5.28. The highest BCUT2D eigenvalue weighted by atomic mass is 16.6. The maximum atomic E-state index is 12.3. The number of rotatable bonds is 4. The number of hydrogen-bond acceptors (Lipinski definition) is 3. The maximum Gasteiger partial charge on any atom is 0.410 e. The zero-order valence-corrected chi connectivity index (χ0v) is 12.9. The van der Waals surface area contributed by atoms with E-state index in [4.69, 9.17) is 10.5 Å². The lowest BCUT2D eigenvalue weighted by atomic mass is 9.86. The summed E-state index contributed by atoms with van der Waals surface area (Å²) < 4.78 is 5.54. The van der Waals surface area contributed by atoms with Crippen molar-refractivity contribution in [1.29, 1.82) is 0 Å². The molecule has 1 saturated heterocycles. The van der Waals surface area contributed by atoms with Gasteiger partial charge in [-0.05, 0) is 58.9 Å². The lowest BCUT2D eigenvalue weighted by molar-refractivity contribution is 0.000588. The molecule has 0 aromatic carbocycles. The predicted octanol–water partition coefficient (Wildman–Crippen LogP) is 3.15. The Morgan fingerprint density at radius 2 is 2.11 bits per heavy atom. The third kappa shape index (κ3) is 5.01. The number of nitrogens with two attached hydrogens (primary N) is 1. The number of hydrogen-bond donors (Lipinski definition) is 1. The lowest BCUT2D eigenvalue weighted by Crippen LogP contribution is -2.49. The molecule has 19 heavy (non-hydrogen) atoms. The second-order valence-electron chi connectivity index (χ2n) is 6.48. The topological polar surface area (TPSA) is 55.6 Å². The van der Waals surface area contributed by atoms with Crippen molar-refractivity contribution in [2.24, 2.45) is 11.7 Å². The van der Waals surface area contributed by atoms with E-state index in [1.54, 1.807) is 0 Å². The van der Waals surface area contributed by atoms with Gasteiger partial charge < -0.3 is 15.4 Å². The minimum Gasteiger partial charge on any atom is -0.444 e. The molecule has 4 heteroatoms. The molecule has 2 unspecified atom stereocenters. The summed E-state index contributed by atoms with van der Waals surface area (Å²) in [6.07, 6.45) is 5.26. The van der Waals surface area contributed by atoms with Gasteiger partial charge in [0.2, 0.25) is 0 Å². The molecule has 0 aliphatic carbocycles. The van der Waals surface area contributed by atoms with Gasteiger partial charge in [0.05, 0.1) is 0 Å². The predicted molar refractivity (Wildman–Crippen MR) is 78.0 cm³/mol. The molecule has 112 valence electrons. The molecule has 0 spiro atoms. The Labute approximate surface area is 117 Å². The van der Waals surface area contributed by atoms with Gasteiger partial charge in [-0.25, -0.2) is 4.79 Å². The van der Waals surface area contributed by atoms with Crippen molar-refractivity contribution in [3.8, 4) is 0 Å². The first-order valence-corrected chi connectivity index (χ1v) is 7.58. The van der Waals surface area contributed by atoms with Gasteiger partial charge in [0.1, 0.15) is 5.60 Å². The highest BCUT2D eigenvalue weighted by Gasteiger charge is 2.34. The molecule has 0 saturated carbocycles. The van der Waals surface area contributed by atoms with Crippen LogP contribution in [0, 0.1) is 5.92 Å². The molecule has 0 radical (unpaired) electrons. The van der Waals surface area contributed by atoms with Crippen LogP contribution in [0.3, 0.4) is 0 Å². The van der Waals surface area contributed by atoms with Gasteiger partial charge in [-0.15, -0.1) is 0 Å². The summed E-state index contributed by atoms with van der Waals surface area (Å²) in [7, 11) is 0. The molecule has 2 atom stereocenters. The van der Waals surface area contributed by atoms with Crippen LogP contribution in [0.2, 0.25) is 0 Å². The van der Waals surface area contributed by atoms with Crippen molar-refractivity contribution in [3.63, 3.8) is 0 Å². The van der Waals surface area contributed by atoms with Crippen LogP contribution < -0.4 is 5.73 Å². The van der Waals surface area contributed by atoms with E-state index < -0.39 is 5.60 Å². The van der Waals surface area contributed by atoms with Crippen LogP contribution in [0.25, 0.3) is 0 Å². The van der Waals surface area contributed by atoms with E-state index in [2.05, 4.69) is 6.92 Å². The van der Waals surface area contributed by atoms with E-state index in [-0.39, 0.29) is 6.09 Å². The summed E-state index contributed by atoms with van der Waals surface area (Å²) in [6, 6.07) is 0.303. The number of carbonyl (C=O) groups excluding carboxylic acids is 1. The van der Waals surface area contributed by atoms with Gasteiger partial charge in [-0.1, -0.05) is 13.3 Å². The van der Waals surface area contributed by atoms with Gasteiger partial charge in [-0.3, -0.25) is 0 Å². The molecule has 0 aromatic heterocycles. The Morgan fingerprint density at radius 3 is 2.63 bits per heavy atom. The zero-order valence-electron chi connectivity index (χ0n) is 12.9. The molecule has 0 aromatic rings. The smallest absolute Gasteiger partial charge is 0.410 e. The molecule has 1 amide bonds. The Balaban J connectivity index is 2.73. The van der Waals surface area contributed by atoms with Crippen LogP contribution in [-0.4, -0.2) is 35.7 Å². The minimum absolute atomic E-state index is 0.160. The van der Waals surface area contributed by atoms with Crippen molar-refractivity contribution in [2.45, 2.75) is 71.4 Å². The third-order valence-electron chi connectivity index (χ3n) is 3.78. The lowest BCUT2D eigenvalue weighted by Gasteiger charge is -2.40. The fourth-order valence-corrected chi connectivity index (χ4v) is 2.88. The average molecular weight is 270 g/mol. The summed E-state index contributed by atoms with van der Waals surface area (Å²) in [6.45, 7) is 9.45. The van der Waals surface area contributed by atoms with E-state index in [1.807, 2.05) is 25.7 Å². The monoisotopic (exact) mass is 270 g/mol. The number of carbonyl (C=O) groups is 1. The first kappa shape index (κ1) is 16.3.